The molecular formula is C23H24N2OS. The van der Waals surface area contributed by atoms with Crippen molar-refractivity contribution in [2.24, 2.45) is 0 Å². The van der Waals surface area contributed by atoms with Crippen molar-refractivity contribution >= 4 is 23.0 Å². The highest BCUT2D eigenvalue weighted by atomic mass is 32.1. The zero-order valence-electron chi connectivity index (χ0n) is 15.5. The van der Waals surface area contributed by atoms with E-state index in [1.165, 1.54) is 11.1 Å². The van der Waals surface area contributed by atoms with Gasteiger partial charge in [-0.25, -0.2) is 0 Å². The van der Waals surface area contributed by atoms with Crippen LogP contribution < -0.4 is 10.1 Å². The topological polar surface area (TPSA) is 24.5 Å². The Morgan fingerprint density at radius 3 is 2.04 bits per heavy atom. The molecule has 0 aliphatic heterocycles. The minimum Gasteiger partial charge on any atom is -0.497 e. The van der Waals surface area contributed by atoms with Gasteiger partial charge in [-0.15, -0.1) is 0 Å². The third-order valence-corrected chi connectivity index (χ3v) is 4.72. The molecule has 3 aromatic rings. The third-order valence-electron chi connectivity index (χ3n) is 4.36. The van der Waals surface area contributed by atoms with Crippen LogP contribution in [0, 0.1) is 0 Å². The molecule has 138 valence electrons. The third kappa shape index (κ3) is 5.83. The second-order valence-electron chi connectivity index (χ2n) is 6.30. The van der Waals surface area contributed by atoms with Crippen LogP contribution in [0.25, 0.3) is 0 Å². The Bertz CT molecular complexity index is 835. The predicted octanol–water partition coefficient (Wildman–Crippen LogP) is 5.14. The number of ether oxygens (including phenoxy) is 1. The second kappa shape index (κ2) is 9.74. The summed E-state index contributed by atoms with van der Waals surface area (Å²) >= 11 is 5.72. The summed E-state index contributed by atoms with van der Waals surface area (Å²) in [6.07, 6.45) is 0.943. The van der Waals surface area contributed by atoms with E-state index in [4.69, 9.17) is 17.0 Å². The second-order valence-corrected chi connectivity index (χ2v) is 6.69. The Kier molecular flexibility index (Phi) is 6.83. The number of nitrogens with zero attached hydrogens (tertiary/aromatic N) is 1. The normalized spacial score (nSPS) is 10.3. The van der Waals surface area contributed by atoms with Crippen molar-refractivity contribution in [1.82, 2.24) is 4.90 Å². The summed E-state index contributed by atoms with van der Waals surface area (Å²) in [5.74, 6) is 0.830. The molecule has 0 amide bonds. The first-order valence-corrected chi connectivity index (χ1v) is 9.43. The van der Waals surface area contributed by atoms with Gasteiger partial charge >= 0.3 is 0 Å². The first-order valence-electron chi connectivity index (χ1n) is 9.02. The van der Waals surface area contributed by atoms with Gasteiger partial charge in [-0.2, -0.15) is 0 Å². The molecule has 0 saturated carbocycles. The molecule has 0 saturated heterocycles. The predicted molar refractivity (Wildman–Crippen MR) is 116 cm³/mol. The fourth-order valence-corrected chi connectivity index (χ4v) is 3.12. The van der Waals surface area contributed by atoms with Gasteiger partial charge in [-0.05, 0) is 54.0 Å². The SMILES string of the molecule is COc1ccc(NC(=S)N(CCc2ccccc2)Cc2ccccc2)cc1. The van der Waals surface area contributed by atoms with E-state index in [9.17, 15) is 0 Å². The maximum absolute atomic E-state index is 5.72. The molecule has 0 heterocycles. The van der Waals surface area contributed by atoms with Gasteiger partial charge in [0.1, 0.15) is 5.75 Å². The Labute approximate surface area is 166 Å². The van der Waals surface area contributed by atoms with Crippen LogP contribution in [0.2, 0.25) is 0 Å². The average molecular weight is 377 g/mol. The monoisotopic (exact) mass is 376 g/mol. The summed E-state index contributed by atoms with van der Waals surface area (Å²) in [5.41, 5.74) is 3.51. The molecule has 0 bridgehead atoms. The van der Waals surface area contributed by atoms with Crippen LogP contribution in [0.1, 0.15) is 11.1 Å². The number of hydrogen-bond acceptors (Lipinski definition) is 2. The summed E-state index contributed by atoms with van der Waals surface area (Å²) < 4.78 is 5.22. The fourth-order valence-electron chi connectivity index (χ4n) is 2.84. The average Bonchev–Trinajstić information content (AvgIpc) is 2.73. The van der Waals surface area contributed by atoms with Crippen LogP contribution >= 0.6 is 12.2 Å². The maximum Gasteiger partial charge on any atom is 0.173 e. The quantitative estimate of drug-likeness (QED) is 0.577. The van der Waals surface area contributed by atoms with E-state index in [1.807, 2.05) is 36.4 Å². The molecule has 0 aromatic heterocycles. The Hall–Kier alpha value is -2.85. The van der Waals surface area contributed by atoms with Gasteiger partial charge in [-0.1, -0.05) is 60.7 Å². The lowest BCUT2D eigenvalue weighted by molar-refractivity contribution is 0.415. The summed E-state index contributed by atoms with van der Waals surface area (Å²) in [6.45, 7) is 1.62. The van der Waals surface area contributed by atoms with E-state index in [2.05, 4.69) is 58.7 Å². The van der Waals surface area contributed by atoms with Crippen LogP contribution in [0.15, 0.2) is 84.9 Å². The number of rotatable bonds is 7. The van der Waals surface area contributed by atoms with E-state index in [1.54, 1.807) is 7.11 Å². The highest BCUT2D eigenvalue weighted by molar-refractivity contribution is 7.80. The van der Waals surface area contributed by atoms with Crippen molar-refractivity contribution in [1.29, 1.82) is 0 Å². The van der Waals surface area contributed by atoms with Gasteiger partial charge in [0.2, 0.25) is 0 Å². The van der Waals surface area contributed by atoms with E-state index < -0.39 is 0 Å². The molecule has 0 aliphatic carbocycles. The molecule has 1 N–H and O–H groups in total. The van der Waals surface area contributed by atoms with Crippen LogP contribution in [-0.2, 0) is 13.0 Å². The van der Waals surface area contributed by atoms with Crippen molar-refractivity contribution in [3.05, 3.63) is 96.1 Å². The molecular weight excluding hydrogens is 352 g/mol. The summed E-state index contributed by atoms with van der Waals surface area (Å²) in [5, 5.41) is 4.07. The zero-order chi connectivity index (χ0) is 18.9. The van der Waals surface area contributed by atoms with E-state index in [-0.39, 0.29) is 0 Å². The lowest BCUT2D eigenvalue weighted by atomic mass is 10.1. The lowest BCUT2D eigenvalue weighted by Gasteiger charge is -2.26. The van der Waals surface area contributed by atoms with Crippen LogP contribution in [0.5, 0.6) is 5.75 Å². The molecule has 0 radical (unpaired) electrons. The largest absolute Gasteiger partial charge is 0.497 e. The number of hydrogen-bond donors (Lipinski definition) is 1. The van der Waals surface area contributed by atoms with Gasteiger partial charge in [0.15, 0.2) is 5.11 Å². The van der Waals surface area contributed by atoms with Crippen molar-refractivity contribution in [2.45, 2.75) is 13.0 Å². The molecule has 0 atom stereocenters. The highest BCUT2D eigenvalue weighted by Crippen LogP contribution is 2.16. The summed E-state index contributed by atoms with van der Waals surface area (Å²) in [4.78, 5) is 2.21. The van der Waals surface area contributed by atoms with Gasteiger partial charge < -0.3 is 15.0 Å². The molecule has 3 rings (SSSR count). The van der Waals surface area contributed by atoms with E-state index >= 15 is 0 Å². The molecule has 0 spiro atoms. The smallest absolute Gasteiger partial charge is 0.173 e. The molecule has 0 aliphatic rings. The standard InChI is InChI=1S/C23H24N2OS/c1-26-22-14-12-21(13-15-22)24-23(27)25(18-20-10-6-3-7-11-20)17-16-19-8-4-2-5-9-19/h2-15H,16-18H2,1H3,(H,24,27). The van der Waals surface area contributed by atoms with E-state index in [0.29, 0.717) is 0 Å². The van der Waals surface area contributed by atoms with Crippen molar-refractivity contribution < 1.29 is 4.74 Å². The Morgan fingerprint density at radius 2 is 1.44 bits per heavy atom. The molecule has 27 heavy (non-hydrogen) atoms. The molecule has 4 heteroatoms. The van der Waals surface area contributed by atoms with Gasteiger partial charge in [0, 0.05) is 18.8 Å². The molecule has 0 unspecified atom stereocenters. The molecule has 3 nitrogen and oxygen atoms in total. The number of nitrogens with one attached hydrogen (secondary N) is 1. The summed E-state index contributed by atoms with van der Waals surface area (Å²) in [6, 6.07) is 28.7. The Morgan fingerprint density at radius 1 is 0.852 bits per heavy atom. The first kappa shape index (κ1) is 18.9. The van der Waals surface area contributed by atoms with Gasteiger partial charge in [-0.3, -0.25) is 0 Å². The zero-order valence-corrected chi connectivity index (χ0v) is 16.3. The van der Waals surface area contributed by atoms with Crippen LogP contribution in [0.3, 0.4) is 0 Å². The van der Waals surface area contributed by atoms with Crippen LogP contribution in [-0.4, -0.2) is 23.7 Å². The number of methoxy groups -OCH3 is 1. The van der Waals surface area contributed by atoms with Crippen LogP contribution in [0.4, 0.5) is 5.69 Å². The van der Waals surface area contributed by atoms with Crippen molar-refractivity contribution in [3.63, 3.8) is 0 Å². The molecule has 0 fully saturated rings. The number of thiocarbonyl (C=S) groups is 1. The van der Waals surface area contributed by atoms with E-state index in [0.717, 1.165) is 36.1 Å². The van der Waals surface area contributed by atoms with Crippen molar-refractivity contribution in [2.75, 3.05) is 19.0 Å². The van der Waals surface area contributed by atoms with Gasteiger partial charge in [0.05, 0.1) is 7.11 Å². The highest BCUT2D eigenvalue weighted by Gasteiger charge is 2.11. The minimum atomic E-state index is 0.722. The van der Waals surface area contributed by atoms with Crippen molar-refractivity contribution in [3.8, 4) is 5.75 Å². The number of benzene rings is 3. The fraction of sp³-hybridized carbons (Fsp3) is 0.174. The number of anilines is 1. The maximum atomic E-state index is 5.72. The first-order chi connectivity index (χ1) is 13.2. The summed E-state index contributed by atoms with van der Waals surface area (Å²) in [7, 11) is 1.66. The van der Waals surface area contributed by atoms with Gasteiger partial charge in [0.25, 0.3) is 0 Å². The Balaban J connectivity index is 1.69. The minimum absolute atomic E-state index is 0.722. The lowest BCUT2D eigenvalue weighted by Crippen LogP contribution is -2.35. The molecule has 3 aromatic carbocycles.